The third kappa shape index (κ3) is 4.36. The summed E-state index contributed by atoms with van der Waals surface area (Å²) in [5.74, 6) is -1.05. The summed E-state index contributed by atoms with van der Waals surface area (Å²) in [5, 5.41) is 8.58. The summed E-state index contributed by atoms with van der Waals surface area (Å²) in [6, 6.07) is 5.08. The van der Waals surface area contributed by atoms with Gasteiger partial charge in [0.1, 0.15) is 0 Å². The normalized spacial score (nSPS) is 15.4. The minimum absolute atomic E-state index is 0.0305. The summed E-state index contributed by atoms with van der Waals surface area (Å²) >= 11 is 0. The maximum atomic E-state index is 11.8. The number of hydrogen-bond donors (Lipinski definition) is 3. The molecule has 7 heteroatoms. The molecule has 6 nitrogen and oxygen atoms in total. The van der Waals surface area contributed by atoms with Crippen molar-refractivity contribution in [3.05, 3.63) is 35.4 Å². The van der Waals surface area contributed by atoms with Crippen molar-refractivity contribution in [2.75, 3.05) is 4.72 Å². The summed E-state index contributed by atoms with van der Waals surface area (Å²) in [4.78, 5) is 10.5. The van der Waals surface area contributed by atoms with Crippen molar-refractivity contribution >= 4 is 27.9 Å². The van der Waals surface area contributed by atoms with Crippen LogP contribution in [0.3, 0.4) is 0 Å². The zero-order valence-electron chi connectivity index (χ0n) is 11.0. The molecule has 0 radical (unpaired) electrons. The molecule has 1 saturated carbocycles. The second-order valence-electron chi connectivity index (χ2n) is 4.74. The number of anilines is 1. The molecule has 1 aliphatic carbocycles. The van der Waals surface area contributed by atoms with Crippen molar-refractivity contribution in [2.45, 2.75) is 25.8 Å². The van der Waals surface area contributed by atoms with E-state index >= 15 is 0 Å². The molecule has 0 aliphatic heterocycles. The quantitative estimate of drug-likeness (QED) is 0.693. The summed E-state index contributed by atoms with van der Waals surface area (Å²) in [7, 11) is -3.58. The van der Waals surface area contributed by atoms with Gasteiger partial charge in [0.25, 0.3) is 10.2 Å². The molecule has 0 bridgehead atoms. The third-order valence-corrected chi connectivity index (χ3v) is 3.96. The molecule has 2 rings (SSSR count). The molecule has 1 aliphatic rings. The molecule has 0 unspecified atom stereocenters. The van der Waals surface area contributed by atoms with Crippen LogP contribution in [0.25, 0.3) is 6.08 Å². The highest BCUT2D eigenvalue weighted by atomic mass is 32.2. The number of benzene rings is 1. The van der Waals surface area contributed by atoms with Crippen molar-refractivity contribution < 1.29 is 18.3 Å². The zero-order valence-corrected chi connectivity index (χ0v) is 11.8. The lowest BCUT2D eigenvalue weighted by Crippen LogP contribution is -2.32. The van der Waals surface area contributed by atoms with Crippen molar-refractivity contribution in [3.63, 3.8) is 0 Å². The fourth-order valence-corrected chi connectivity index (χ4v) is 2.86. The highest BCUT2D eigenvalue weighted by Gasteiger charge is 2.27. The molecule has 0 atom stereocenters. The van der Waals surface area contributed by atoms with Gasteiger partial charge in [-0.25, -0.2) is 4.79 Å². The van der Waals surface area contributed by atoms with Crippen LogP contribution in [-0.2, 0) is 15.0 Å². The molecule has 108 valence electrons. The SMILES string of the molecule is Cc1ccc(/C=C/C(=O)O)cc1NS(=O)(=O)NC1CC1. The summed E-state index contributed by atoms with van der Waals surface area (Å²) in [6.07, 6.45) is 4.14. The monoisotopic (exact) mass is 296 g/mol. The topological polar surface area (TPSA) is 95.5 Å². The highest BCUT2D eigenvalue weighted by molar-refractivity contribution is 7.90. The second-order valence-corrected chi connectivity index (χ2v) is 6.19. The number of carboxylic acid groups (broad SMARTS) is 1. The van der Waals surface area contributed by atoms with Gasteiger partial charge in [0.05, 0.1) is 5.69 Å². The van der Waals surface area contributed by atoms with Gasteiger partial charge < -0.3 is 5.11 Å². The van der Waals surface area contributed by atoms with Crippen LogP contribution in [0.2, 0.25) is 0 Å². The number of carbonyl (C=O) groups is 1. The Labute approximate surface area is 117 Å². The van der Waals surface area contributed by atoms with Gasteiger partial charge in [-0.3, -0.25) is 4.72 Å². The van der Waals surface area contributed by atoms with Crippen molar-refractivity contribution in [1.29, 1.82) is 0 Å². The van der Waals surface area contributed by atoms with E-state index in [2.05, 4.69) is 9.44 Å². The van der Waals surface area contributed by atoms with E-state index in [4.69, 9.17) is 5.11 Å². The van der Waals surface area contributed by atoms with Gasteiger partial charge in [-0.1, -0.05) is 12.1 Å². The Morgan fingerprint density at radius 3 is 2.70 bits per heavy atom. The van der Waals surface area contributed by atoms with Crippen LogP contribution >= 0.6 is 0 Å². The van der Waals surface area contributed by atoms with Crippen LogP contribution in [0.5, 0.6) is 0 Å². The molecule has 0 amide bonds. The number of rotatable bonds is 6. The van der Waals surface area contributed by atoms with Crippen LogP contribution in [0.4, 0.5) is 5.69 Å². The molecule has 1 aromatic carbocycles. The Morgan fingerprint density at radius 1 is 1.40 bits per heavy atom. The molecule has 3 N–H and O–H groups in total. The Balaban J connectivity index is 2.17. The Hall–Kier alpha value is -1.86. The van der Waals surface area contributed by atoms with Crippen molar-refractivity contribution in [2.24, 2.45) is 0 Å². The van der Waals surface area contributed by atoms with E-state index in [1.54, 1.807) is 25.1 Å². The summed E-state index contributed by atoms with van der Waals surface area (Å²) in [6.45, 7) is 1.78. The largest absolute Gasteiger partial charge is 0.478 e. The van der Waals surface area contributed by atoms with Crippen molar-refractivity contribution in [1.82, 2.24) is 4.72 Å². The van der Waals surface area contributed by atoms with Crippen molar-refractivity contribution in [3.8, 4) is 0 Å². The minimum Gasteiger partial charge on any atom is -0.478 e. The fourth-order valence-electron chi connectivity index (χ4n) is 1.62. The summed E-state index contributed by atoms with van der Waals surface area (Å²) < 4.78 is 28.7. The Kier molecular flexibility index (Phi) is 4.10. The van der Waals surface area contributed by atoms with Crippen LogP contribution < -0.4 is 9.44 Å². The standard InChI is InChI=1S/C13H16N2O4S/c1-9-2-3-10(4-7-13(16)17)8-12(9)15-20(18,19)14-11-5-6-11/h2-4,7-8,11,14-15H,5-6H2,1H3,(H,16,17)/b7-4+. The van der Waals surface area contributed by atoms with Crippen LogP contribution in [-0.4, -0.2) is 25.5 Å². The van der Waals surface area contributed by atoms with E-state index in [-0.39, 0.29) is 6.04 Å². The smallest absolute Gasteiger partial charge is 0.328 e. The molecule has 0 heterocycles. The number of hydrogen-bond acceptors (Lipinski definition) is 3. The average molecular weight is 296 g/mol. The van der Waals surface area contributed by atoms with E-state index in [0.29, 0.717) is 11.3 Å². The lowest BCUT2D eigenvalue weighted by Gasteiger charge is -2.11. The first-order valence-electron chi connectivity index (χ1n) is 6.17. The van der Waals surface area contributed by atoms with E-state index < -0.39 is 16.2 Å². The number of carboxylic acids is 1. The molecule has 20 heavy (non-hydrogen) atoms. The maximum Gasteiger partial charge on any atom is 0.328 e. The zero-order chi connectivity index (χ0) is 14.8. The van der Waals surface area contributed by atoms with Gasteiger partial charge in [0, 0.05) is 12.1 Å². The summed E-state index contributed by atoms with van der Waals surface area (Å²) in [5.41, 5.74) is 1.81. The predicted molar refractivity (Wildman–Crippen MR) is 76.5 cm³/mol. The molecule has 0 spiro atoms. The van der Waals surface area contributed by atoms with E-state index in [1.807, 2.05) is 0 Å². The minimum atomic E-state index is -3.58. The molecule has 0 saturated heterocycles. The van der Waals surface area contributed by atoms with Gasteiger partial charge in [0.15, 0.2) is 0 Å². The second kappa shape index (κ2) is 5.64. The van der Waals surface area contributed by atoms with Gasteiger partial charge in [-0.2, -0.15) is 13.1 Å². The first kappa shape index (κ1) is 14.5. The first-order chi connectivity index (χ1) is 9.35. The number of aliphatic carboxylic acids is 1. The van der Waals surface area contributed by atoms with Crippen LogP contribution in [0.1, 0.15) is 24.0 Å². The van der Waals surface area contributed by atoms with Crippen LogP contribution in [0, 0.1) is 6.92 Å². The molecule has 1 aromatic rings. The van der Waals surface area contributed by atoms with Gasteiger partial charge in [-0.05, 0) is 43.0 Å². The van der Waals surface area contributed by atoms with E-state index in [0.717, 1.165) is 24.5 Å². The lowest BCUT2D eigenvalue weighted by molar-refractivity contribution is -0.131. The first-order valence-corrected chi connectivity index (χ1v) is 7.66. The molecular formula is C13H16N2O4S. The van der Waals surface area contributed by atoms with E-state index in [9.17, 15) is 13.2 Å². The Bertz CT molecular complexity index is 648. The average Bonchev–Trinajstić information content (AvgIpc) is 3.12. The Morgan fingerprint density at radius 2 is 2.10 bits per heavy atom. The predicted octanol–water partition coefficient (Wildman–Crippen LogP) is 1.50. The molecular weight excluding hydrogens is 280 g/mol. The number of aryl methyl sites for hydroxylation is 1. The molecule has 1 fully saturated rings. The van der Waals surface area contributed by atoms with Gasteiger partial charge in [-0.15, -0.1) is 0 Å². The molecule has 0 aromatic heterocycles. The van der Waals surface area contributed by atoms with Gasteiger partial charge in [0.2, 0.25) is 0 Å². The fraction of sp³-hybridized carbons (Fsp3) is 0.308. The lowest BCUT2D eigenvalue weighted by atomic mass is 10.1. The van der Waals surface area contributed by atoms with Gasteiger partial charge >= 0.3 is 5.97 Å². The number of nitrogens with one attached hydrogen (secondary N) is 2. The maximum absolute atomic E-state index is 11.8. The van der Waals surface area contributed by atoms with E-state index in [1.165, 1.54) is 6.08 Å². The van der Waals surface area contributed by atoms with Crippen LogP contribution in [0.15, 0.2) is 24.3 Å². The highest BCUT2D eigenvalue weighted by Crippen LogP contribution is 2.22. The third-order valence-electron chi connectivity index (χ3n) is 2.82.